The Morgan fingerprint density at radius 3 is 2.57 bits per heavy atom. The molecule has 23 heavy (non-hydrogen) atoms. The van der Waals surface area contributed by atoms with Gasteiger partial charge in [-0.3, -0.25) is 0 Å². The van der Waals surface area contributed by atoms with E-state index >= 15 is 0 Å². The minimum atomic E-state index is 0.210. The van der Waals surface area contributed by atoms with E-state index in [4.69, 9.17) is 27.4 Å². The van der Waals surface area contributed by atoms with Crippen molar-refractivity contribution in [1.82, 2.24) is 0 Å². The molecule has 2 aromatic carbocycles. The SMILES string of the molecule is NC(=S)Nc1cc(N2CCOCC2)ccc1Oc1ccccc1. The minimum Gasteiger partial charge on any atom is -0.455 e. The van der Waals surface area contributed by atoms with Crippen LogP contribution >= 0.6 is 12.2 Å². The van der Waals surface area contributed by atoms with E-state index in [9.17, 15) is 0 Å². The van der Waals surface area contributed by atoms with Gasteiger partial charge in [-0.05, 0) is 42.5 Å². The zero-order valence-corrected chi connectivity index (χ0v) is 13.5. The van der Waals surface area contributed by atoms with Gasteiger partial charge >= 0.3 is 0 Å². The first kappa shape index (κ1) is 15.6. The quantitative estimate of drug-likeness (QED) is 0.841. The van der Waals surface area contributed by atoms with Crippen LogP contribution in [0.4, 0.5) is 11.4 Å². The number of nitrogens with zero attached hydrogens (tertiary/aromatic N) is 1. The Balaban J connectivity index is 1.87. The standard InChI is InChI=1S/C17H19N3O2S/c18-17(23)19-15-12-13(20-8-10-21-11-9-20)6-7-16(15)22-14-4-2-1-3-5-14/h1-7,12H,8-11H2,(H3,18,19,23). The minimum absolute atomic E-state index is 0.210. The van der Waals surface area contributed by atoms with Crippen molar-refractivity contribution >= 4 is 28.7 Å². The summed E-state index contributed by atoms with van der Waals surface area (Å²) in [6.45, 7) is 3.21. The van der Waals surface area contributed by atoms with Crippen LogP contribution in [0.2, 0.25) is 0 Å². The second-order valence-corrected chi connectivity index (χ2v) is 5.62. The van der Waals surface area contributed by atoms with Gasteiger partial charge in [0.05, 0.1) is 18.9 Å². The zero-order chi connectivity index (χ0) is 16.1. The number of hydrogen-bond acceptors (Lipinski definition) is 4. The van der Waals surface area contributed by atoms with Crippen molar-refractivity contribution in [1.29, 1.82) is 0 Å². The lowest BCUT2D eigenvalue weighted by molar-refractivity contribution is 0.122. The van der Waals surface area contributed by atoms with Gasteiger partial charge in [0.2, 0.25) is 0 Å². The van der Waals surface area contributed by atoms with Crippen LogP contribution in [0.1, 0.15) is 0 Å². The maximum Gasteiger partial charge on any atom is 0.168 e. The predicted molar refractivity (Wildman–Crippen MR) is 96.4 cm³/mol. The molecule has 0 amide bonds. The maximum absolute atomic E-state index is 5.93. The molecule has 5 nitrogen and oxygen atoms in total. The molecule has 1 saturated heterocycles. The fourth-order valence-electron chi connectivity index (χ4n) is 2.47. The van der Waals surface area contributed by atoms with Crippen LogP contribution < -0.4 is 20.7 Å². The normalized spacial score (nSPS) is 14.3. The first-order valence-electron chi connectivity index (χ1n) is 7.48. The summed E-state index contributed by atoms with van der Waals surface area (Å²) in [5.74, 6) is 1.44. The smallest absolute Gasteiger partial charge is 0.168 e. The summed E-state index contributed by atoms with van der Waals surface area (Å²) in [4.78, 5) is 2.26. The van der Waals surface area contributed by atoms with E-state index in [0.717, 1.165) is 43.4 Å². The molecule has 0 aromatic heterocycles. The van der Waals surface area contributed by atoms with Gasteiger partial charge in [0.25, 0.3) is 0 Å². The Bertz CT molecular complexity index is 673. The largest absolute Gasteiger partial charge is 0.455 e. The number of thiocarbonyl (C=S) groups is 1. The first-order valence-corrected chi connectivity index (χ1v) is 7.89. The highest BCUT2D eigenvalue weighted by Crippen LogP contribution is 2.33. The van der Waals surface area contributed by atoms with Gasteiger partial charge in [0.15, 0.2) is 10.9 Å². The Morgan fingerprint density at radius 1 is 1.13 bits per heavy atom. The summed E-state index contributed by atoms with van der Waals surface area (Å²) < 4.78 is 11.3. The van der Waals surface area contributed by atoms with Crippen molar-refractivity contribution < 1.29 is 9.47 Å². The van der Waals surface area contributed by atoms with Crippen molar-refractivity contribution in [2.24, 2.45) is 5.73 Å². The molecule has 0 unspecified atom stereocenters. The lowest BCUT2D eigenvalue weighted by Crippen LogP contribution is -2.36. The third-order valence-electron chi connectivity index (χ3n) is 3.57. The molecule has 1 heterocycles. The van der Waals surface area contributed by atoms with Gasteiger partial charge < -0.3 is 25.4 Å². The molecule has 0 aliphatic carbocycles. The second kappa shape index (κ2) is 7.30. The molecule has 1 aliphatic rings. The molecule has 3 N–H and O–H groups in total. The summed E-state index contributed by atoms with van der Waals surface area (Å²) in [5, 5.41) is 3.21. The zero-order valence-electron chi connectivity index (χ0n) is 12.7. The van der Waals surface area contributed by atoms with Gasteiger partial charge in [-0.2, -0.15) is 0 Å². The third-order valence-corrected chi connectivity index (χ3v) is 3.67. The number of anilines is 2. The van der Waals surface area contributed by atoms with E-state index < -0.39 is 0 Å². The average Bonchev–Trinajstić information content (AvgIpc) is 2.58. The van der Waals surface area contributed by atoms with E-state index in [1.807, 2.05) is 48.5 Å². The molecule has 0 atom stereocenters. The van der Waals surface area contributed by atoms with E-state index in [1.165, 1.54) is 0 Å². The van der Waals surface area contributed by atoms with Crippen LogP contribution in [-0.4, -0.2) is 31.4 Å². The van der Waals surface area contributed by atoms with Crippen LogP contribution in [0.3, 0.4) is 0 Å². The lowest BCUT2D eigenvalue weighted by atomic mass is 10.2. The molecule has 6 heteroatoms. The Labute approximate surface area is 141 Å². The van der Waals surface area contributed by atoms with Crippen molar-refractivity contribution in [2.45, 2.75) is 0 Å². The summed E-state index contributed by atoms with van der Waals surface area (Å²) in [6.07, 6.45) is 0. The highest BCUT2D eigenvalue weighted by molar-refractivity contribution is 7.80. The molecular formula is C17H19N3O2S. The molecule has 0 spiro atoms. The molecule has 0 radical (unpaired) electrons. The topological polar surface area (TPSA) is 59.8 Å². The number of morpholine rings is 1. The molecule has 120 valence electrons. The van der Waals surface area contributed by atoms with Gasteiger partial charge in [0.1, 0.15) is 5.75 Å². The van der Waals surface area contributed by atoms with E-state index in [-0.39, 0.29) is 5.11 Å². The Morgan fingerprint density at radius 2 is 1.87 bits per heavy atom. The Kier molecular flexibility index (Phi) is 4.95. The second-order valence-electron chi connectivity index (χ2n) is 5.18. The number of nitrogens with one attached hydrogen (secondary N) is 1. The van der Waals surface area contributed by atoms with Crippen molar-refractivity contribution in [3.63, 3.8) is 0 Å². The molecular weight excluding hydrogens is 310 g/mol. The molecule has 1 aliphatic heterocycles. The van der Waals surface area contributed by atoms with Crippen LogP contribution in [0.5, 0.6) is 11.5 Å². The van der Waals surface area contributed by atoms with Gasteiger partial charge in [-0.15, -0.1) is 0 Å². The molecule has 0 saturated carbocycles. The summed E-state index contributed by atoms with van der Waals surface area (Å²) in [7, 11) is 0. The van der Waals surface area contributed by atoms with Crippen LogP contribution in [-0.2, 0) is 4.74 Å². The molecule has 1 fully saturated rings. The van der Waals surface area contributed by atoms with E-state index in [0.29, 0.717) is 5.75 Å². The van der Waals surface area contributed by atoms with E-state index in [2.05, 4.69) is 10.2 Å². The summed E-state index contributed by atoms with van der Waals surface area (Å²) in [5.41, 5.74) is 7.49. The Hall–Kier alpha value is -2.31. The first-order chi connectivity index (χ1) is 11.2. The number of ether oxygens (including phenoxy) is 2. The van der Waals surface area contributed by atoms with Crippen LogP contribution in [0, 0.1) is 0 Å². The third kappa shape index (κ3) is 4.12. The monoisotopic (exact) mass is 329 g/mol. The summed E-state index contributed by atoms with van der Waals surface area (Å²) in [6, 6.07) is 15.6. The number of hydrogen-bond donors (Lipinski definition) is 2. The number of nitrogens with two attached hydrogens (primary N) is 1. The fraction of sp³-hybridized carbons (Fsp3) is 0.235. The fourth-order valence-corrected chi connectivity index (χ4v) is 2.58. The van der Waals surface area contributed by atoms with Crippen molar-refractivity contribution in [3.8, 4) is 11.5 Å². The van der Waals surface area contributed by atoms with Crippen molar-refractivity contribution in [2.75, 3.05) is 36.5 Å². The van der Waals surface area contributed by atoms with Gasteiger partial charge in [0, 0.05) is 18.8 Å². The molecule has 3 rings (SSSR count). The lowest BCUT2D eigenvalue weighted by Gasteiger charge is -2.29. The van der Waals surface area contributed by atoms with Gasteiger partial charge in [-0.1, -0.05) is 18.2 Å². The van der Waals surface area contributed by atoms with Gasteiger partial charge in [-0.25, -0.2) is 0 Å². The number of rotatable bonds is 4. The van der Waals surface area contributed by atoms with Crippen molar-refractivity contribution in [3.05, 3.63) is 48.5 Å². The molecule has 0 bridgehead atoms. The predicted octanol–water partition coefficient (Wildman–Crippen LogP) is 2.97. The molecule has 2 aromatic rings. The number of para-hydroxylation sites is 1. The highest BCUT2D eigenvalue weighted by Gasteiger charge is 2.14. The highest BCUT2D eigenvalue weighted by atomic mass is 32.1. The summed E-state index contributed by atoms with van der Waals surface area (Å²) >= 11 is 4.98. The number of benzene rings is 2. The van der Waals surface area contributed by atoms with E-state index in [1.54, 1.807) is 0 Å². The van der Waals surface area contributed by atoms with Crippen LogP contribution in [0.25, 0.3) is 0 Å². The van der Waals surface area contributed by atoms with Crippen LogP contribution in [0.15, 0.2) is 48.5 Å². The maximum atomic E-state index is 5.93. The average molecular weight is 329 g/mol.